The molecular weight excluding hydrogens is 320 g/mol. The van der Waals surface area contributed by atoms with Gasteiger partial charge in [0.15, 0.2) is 0 Å². The van der Waals surface area contributed by atoms with Crippen molar-refractivity contribution in [2.75, 3.05) is 18.0 Å². The Kier molecular flexibility index (Phi) is 6.22. The molecule has 0 aromatic heterocycles. The average Bonchev–Trinajstić information content (AvgIpc) is 2.63. The molecule has 7 nitrogen and oxygen atoms in total. The van der Waals surface area contributed by atoms with Gasteiger partial charge in [-0.2, -0.15) is 5.10 Å². The average molecular weight is 340 g/mol. The first kappa shape index (κ1) is 18.1. The number of carbonyl (C=O) groups is 1. The molecule has 0 bridgehead atoms. The number of hydrogen-bond donors (Lipinski definition) is 1. The molecule has 130 valence electrons. The summed E-state index contributed by atoms with van der Waals surface area (Å²) in [4.78, 5) is 24.5. The highest BCUT2D eigenvalue weighted by molar-refractivity contribution is 5.95. The normalized spacial score (nSPS) is 10.6. The van der Waals surface area contributed by atoms with Crippen molar-refractivity contribution < 1.29 is 9.72 Å². The van der Waals surface area contributed by atoms with Crippen molar-refractivity contribution in [3.05, 3.63) is 69.8 Å². The number of nitro groups is 1. The summed E-state index contributed by atoms with van der Waals surface area (Å²) in [7, 11) is 0. The van der Waals surface area contributed by atoms with Crippen molar-refractivity contribution in [1.82, 2.24) is 5.43 Å². The van der Waals surface area contributed by atoms with Crippen LogP contribution in [0.4, 0.5) is 11.4 Å². The van der Waals surface area contributed by atoms with E-state index in [0.717, 1.165) is 18.8 Å². The van der Waals surface area contributed by atoms with Crippen LogP contribution >= 0.6 is 0 Å². The third kappa shape index (κ3) is 4.87. The Bertz CT molecular complexity index is 768. The maximum atomic E-state index is 12.1. The van der Waals surface area contributed by atoms with Crippen LogP contribution in [0.2, 0.25) is 0 Å². The number of anilines is 1. The lowest BCUT2D eigenvalue weighted by Crippen LogP contribution is -2.22. The van der Waals surface area contributed by atoms with Crippen molar-refractivity contribution in [2.45, 2.75) is 13.8 Å². The molecule has 1 amide bonds. The number of carbonyl (C=O) groups excluding carboxylic acids is 1. The summed E-state index contributed by atoms with van der Waals surface area (Å²) in [6, 6.07) is 13.3. The van der Waals surface area contributed by atoms with Crippen LogP contribution in [-0.4, -0.2) is 30.1 Å². The zero-order valence-electron chi connectivity index (χ0n) is 14.2. The van der Waals surface area contributed by atoms with Gasteiger partial charge in [-0.15, -0.1) is 0 Å². The van der Waals surface area contributed by atoms with Gasteiger partial charge in [0.05, 0.1) is 11.1 Å². The van der Waals surface area contributed by atoms with Crippen LogP contribution in [0, 0.1) is 10.1 Å². The number of nitro benzene ring substituents is 1. The molecule has 0 saturated heterocycles. The minimum Gasteiger partial charge on any atom is -0.372 e. The Morgan fingerprint density at radius 3 is 2.48 bits per heavy atom. The van der Waals surface area contributed by atoms with Crippen molar-refractivity contribution in [2.24, 2.45) is 5.10 Å². The van der Waals surface area contributed by atoms with Crippen LogP contribution in [0.5, 0.6) is 0 Å². The number of rotatable bonds is 7. The van der Waals surface area contributed by atoms with Gasteiger partial charge in [0.1, 0.15) is 0 Å². The van der Waals surface area contributed by atoms with Gasteiger partial charge >= 0.3 is 0 Å². The van der Waals surface area contributed by atoms with E-state index in [1.165, 1.54) is 18.3 Å². The molecule has 0 radical (unpaired) electrons. The van der Waals surface area contributed by atoms with Crippen LogP contribution in [0.25, 0.3) is 0 Å². The molecule has 2 aromatic carbocycles. The fourth-order valence-electron chi connectivity index (χ4n) is 2.36. The van der Waals surface area contributed by atoms with Gasteiger partial charge in [-0.1, -0.05) is 12.1 Å². The topological polar surface area (TPSA) is 87.8 Å². The third-order valence-electron chi connectivity index (χ3n) is 3.72. The van der Waals surface area contributed by atoms with Gasteiger partial charge in [-0.25, -0.2) is 5.43 Å². The molecule has 0 aliphatic heterocycles. The van der Waals surface area contributed by atoms with Crippen LogP contribution in [0.15, 0.2) is 53.6 Å². The van der Waals surface area contributed by atoms with E-state index in [1.54, 1.807) is 24.3 Å². The van der Waals surface area contributed by atoms with E-state index in [-0.39, 0.29) is 11.6 Å². The largest absolute Gasteiger partial charge is 0.372 e. The van der Waals surface area contributed by atoms with E-state index in [9.17, 15) is 14.9 Å². The summed E-state index contributed by atoms with van der Waals surface area (Å²) in [6.45, 7) is 5.95. The van der Waals surface area contributed by atoms with E-state index in [2.05, 4.69) is 29.3 Å². The second-order valence-corrected chi connectivity index (χ2v) is 5.27. The Balaban J connectivity index is 2.00. The molecule has 2 aromatic rings. The fourth-order valence-corrected chi connectivity index (χ4v) is 2.36. The number of hydrogen-bond acceptors (Lipinski definition) is 5. The van der Waals surface area contributed by atoms with Gasteiger partial charge in [0.25, 0.3) is 11.6 Å². The van der Waals surface area contributed by atoms with Crippen LogP contribution < -0.4 is 10.3 Å². The quantitative estimate of drug-likeness (QED) is 0.476. The van der Waals surface area contributed by atoms with E-state index in [4.69, 9.17) is 0 Å². The number of benzene rings is 2. The highest BCUT2D eigenvalue weighted by atomic mass is 16.6. The SMILES string of the molecule is CCN(CC)c1ccc(C(=O)N/N=C/c2cccc([N+](=O)[O-])c2)cc1. The number of non-ortho nitro benzene ring substituents is 1. The van der Waals surface area contributed by atoms with Crippen molar-refractivity contribution in [3.8, 4) is 0 Å². The minimum absolute atomic E-state index is 0.0257. The number of amides is 1. The molecule has 0 heterocycles. The lowest BCUT2D eigenvalue weighted by atomic mass is 10.2. The molecule has 0 saturated carbocycles. The summed E-state index contributed by atoms with van der Waals surface area (Å²) in [5.74, 6) is -0.340. The lowest BCUT2D eigenvalue weighted by Gasteiger charge is -2.20. The maximum Gasteiger partial charge on any atom is 0.271 e. The number of nitrogens with one attached hydrogen (secondary N) is 1. The molecule has 0 spiro atoms. The highest BCUT2D eigenvalue weighted by Crippen LogP contribution is 2.15. The second-order valence-electron chi connectivity index (χ2n) is 5.27. The van der Waals surface area contributed by atoms with Crippen LogP contribution in [0.3, 0.4) is 0 Å². The summed E-state index contributed by atoms with van der Waals surface area (Å²) in [5, 5.41) is 14.6. The first-order valence-electron chi connectivity index (χ1n) is 7.98. The summed E-state index contributed by atoms with van der Waals surface area (Å²) < 4.78 is 0. The van der Waals surface area contributed by atoms with E-state index in [0.29, 0.717) is 11.1 Å². The van der Waals surface area contributed by atoms with E-state index in [1.807, 2.05) is 12.1 Å². The second kappa shape index (κ2) is 8.58. The molecule has 0 aliphatic rings. The Hall–Kier alpha value is -3.22. The van der Waals surface area contributed by atoms with Gasteiger partial charge in [-0.05, 0) is 38.1 Å². The molecule has 1 N–H and O–H groups in total. The Morgan fingerprint density at radius 1 is 1.20 bits per heavy atom. The smallest absolute Gasteiger partial charge is 0.271 e. The summed E-state index contributed by atoms with van der Waals surface area (Å²) in [5.41, 5.74) is 4.48. The summed E-state index contributed by atoms with van der Waals surface area (Å²) in [6.07, 6.45) is 1.37. The first-order valence-corrected chi connectivity index (χ1v) is 7.98. The molecule has 7 heteroatoms. The highest BCUT2D eigenvalue weighted by Gasteiger charge is 2.07. The zero-order chi connectivity index (χ0) is 18.2. The van der Waals surface area contributed by atoms with E-state index < -0.39 is 4.92 Å². The predicted octanol–water partition coefficient (Wildman–Crippen LogP) is 3.20. The van der Waals surface area contributed by atoms with Gasteiger partial charge in [0, 0.05) is 42.0 Å². The van der Waals surface area contributed by atoms with Gasteiger partial charge in [-0.3, -0.25) is 14.9 Å². The maximum absolute atomic E-state index is 12.1. The summed E-state index contributed by atoms with van der Waals surface area (Å²) >= 11 is 0. The molecule has 0 fully saturated rings. The molecule has 25 heavy (non-hydrogen) atoms. The molecule has 0 aliphatic carbocycles. The van der Waals surface area contributed by atoms with Crippen molar-refractivity contribution >= 4 is 23.5 Å². The van der Waals surface area contributed by atoms with Crippen LogP contribution in [-0.2, 0) is 0 Å². The monoisotopic (exact) mass is 340 g/mol. The Labute approximate surface area is 146 Å². The molecule has 0 unspecified atom stereocenters. The molecular formula is C18H20N4O3. The predicted molar refractivity (Wildman–Crippen MR) is 98.2 cm³/mol. The third-order valence-corrected chi connectivity index (χ3v) is 3.72. The van der Waals surface area contributed by atoms with Crippen LogP contribution in [0.1, 0.15) is 29.8 Å². The number of nitrogens with zero attached hydrogens (tertiary/aromatic N) is 3. The van der Waals surface area contributed by atoms with E-state index >= 15 is 0 Å². The standard InChI is InChI=1S/C18H20N4O3/c1-3-21(4-2)16-10-8-15(9-11-16)18(23)20-19-13-14-6-5-7-17(12-14)22(24)25/h5-13H,3-4H2,1-2H3,(H,20,23)/b19-13+. The van der Waals surface area contributed by atoms with Gasteiger partial charge < -0.3 is 4.90 Å². The number of hydrazone groups is 1. The van der Waals surface area contributed by atoms with Gasteiger partial charge in [0.2, 0.25) is 0 Å². The van der Waals surface area contributed by atoms with Crippen molar-refractivity contribution in [1.29, 1.82) is 0 Å². The van der Waals surface area contributed by atoms with Crippen molar-refractivity contribution in [3.63, 3.8) is 0 Å². The molecule has 0 atom stereocenters. The Morgan fingerprint density at radius 2 is 1.88 bits per heavy atom. The lowest BCUT2D eigenvalue weighted by molar-refractivity contribution is -0.384. The first-order chi connectivity index (χ1) is 12.0. The minimum atomic E-state index is -0.479. The zero-order valence-corrected chi connectivity index (χ0v) is 14.2. The molecule has 2 rings (SSSR count). The fraction of sp³-hybridized carbons (Fsp3) is 0.222.